The average molecular weight is 362 g/mol. The Labute approximate surface area is 156 Å². The normalized spacial score (nSPS) is 11.1. The standard InChI is InChI=1S/C21H18N2O4/c1-25-15-6-7-19-17(9-15)18(12-23-19)21(24)14(11-22)8-13-4-5-16(26-2)10-20(13)27-3/h4-10,12,23H,1-3H3/b14-8-. The van der Waals surface area contributed by atoms with Crippen LogP contribution in [0.15, 0.2) is 48.2 Å². The van der Waals surface area contributed by atoms with Crippen LogP contribution >= 0.6 is 0 Å². The fourth-order valence-corrected chi connectivity index (χ4v) is 2.80. The van der Waals surface area contributed by atoms with Gasteiger partial charge in [0.25, 0.3) is 0 Å². The second kappa shape index (κ2) is 7.67. The van der Waals surface area contributed by atoms with E-state index >= 15 is 0 Å². The summed E-state index contributed by atoms with van der Waals surface area (Å²) in [7, 11) is 4.64. The lowest BCUT2D eigenvalue weighted by Crippen LogP contribution is -2.01. The number of hydrogen-bond donors (Lipinski definition) is 1. The van der Waals surface area contributed by atoms with Crippen molar-refractivity contribution in [1.29, 1.82) is 5.26 Å². The molecule has 0 saturated heterocycles. The van der Waals surface area contributed by atoms with Gasteiger partial charge in [-0.1, -0.05) is 0 Å². The van der Waals surface area contributed by atoms with E-state index < -0.39 is 0 Å². The molecule has 3 aromatic rings. The largest absolute Gasteiger partial charge is 0.497 e. The number of methoxy groups -OCH3 is 3. The van der Waals surface area contributed by atoms with Crippen LogP contribution in [0.4, 0.5) is 0 Å². The summed E-state index contributed by atoms with van der Waals surface area (Å²) in [6.45, 7) is 0. The van der Waals surface area contributed by atoms with Crippen LogP contribution in [-0.4, -0.2) is 32.1 Å². The number of allylic oxidation sites excluding steroid dienone is 1. The van der Waals surface area contributed by atoms with Gasteiger partial charge in [-0.2, -0.15) is 5.26 Å². The van der Waals surface area contributed by atoms with Crippen LogP contribution in [0.1, 0.15) is 15.9 Å². The Kier molecular flexibility index (Phi) is 5.13. The van der Waals surface area contributed by atoms with Gasteiger partial charge in [-0.25, -0.2) is 0 Å². The molecule has 0 bridgehead atoms. The molecule has 6 heteroatoms. The number of fused-ring (bicyclic) bond motifs is 1. The second-order valence-corrected chi connectivity index (χ2v) is 5.72. The van der Waals surface area contributed by atoms with Crippen molar-refractivity contribution in [3.63, 3.8) is 0 Å². The van der Waals surface area contributed by atoms with Crippen molar-refractivity contribution in [2.45, 2.75) is 0 Å². The predicted octanol–water partition coefficient (Wildman–Crippen LogP) is 3.98. The van der Waals surface area contributed by atoms with Crippen molar-refractivity contribution in [3.05, 3.63) is 59.3 Å². The highest BCUT2D eigenvalue weighted by atomic mass is 16.5. The van der Waals surface area contributed by atoms with E-state index in [4.69, 9.17) is 14.2 Å². The number of carbonyl (C=O) groups excluding carboxylic acids is 1. The van der Waals surface area contributed by atoms with Crippen molar-refractivity contribution >= 4 is 22.8 Å². The quantitative estimate of drug-likeness (QED) is 0.407. The minimum atomic E-state index is -0.380. The highest BCUT2D eigenvalue weighted by molar-refractivity contribution is 6.20. The van der Waals surface area contributed by atoms with E-state index in [1.165, 1.54) is 13.2 Å². The molecule has 0 unspecified atom stereocenters. The number of Topliss-reactive ketones (excluding diaryl/α,β-unsaturated/α-hetero) is 1. The number of H-pyrrole nitrogens is 1. The fourth-order valence-electron chi connectivity index (χ4n) is 2.80. The maximum Gasteiger partial charge on any atom is 0.205 e. The van der Waals surface area contributed by atoms with Crippen molar-refractivity contribution in [3.8, 4) is 23.3 Å². The van der Waals surface area contributed by atoms with Crippen LogP contribution in [0.5, 0.6) is 17.2 Å². The third-order valence-electron chi connectivity index (χ3n) is 4.24. The van der Waals surface area contributed by atoms with Crippen LogP contribution in [0, 0.1) is 11.3 Å². The number of nitrogens with one attached hydrogen (secondary N) is 1. The zero-order valence-electron chi connectivity index (χ0n) is 15.2. The molecule has 2 aromatic carbocycles. The molecular formula is C21H18N2O4. The van der Waals surface area contributed by atoms with Gasteiger partial charge >= 0.3 is 0 Å². The van der Waals surface area contributed by atoms with E-state index in [1.807, 2.05) is 12.1 Å². The first-order chi connectivity index (χ1) is 13.1. The smallest absolute Gasteiger partial charge is 0.205 e. The van der Waals surface area contributed by atoms with Crippen molar-refractivity contribution < 1.29 is 19.0 Å². The molecule has 6 nitrogen and oxygen atoms in total. The Morgan fingerprint density at radius 1 is 1.04 bits per heavy atom. The SMILES string of the molecule is COc1ccc(/C=C(/C#N)C(=O)c2c[nH]c3ccc(OC)cc23)c(OC)c1. The van der Waals surface area contributed by atoms with Crippen molar-refractivity contribution in [1.82, 2.24) is 4.98 Å². The van der Waals surface area contributed by atoms with Gasteiger partial charge < -0.3 is 19.2 Å². The van der Waals surface area contributed by atoms with Gasteiger partial charge in [-0.05, 0) is 36.4 Å². The number of aromatic nitrogens is 1. The molecular weight excluding hydrogens is 344 g/mol. The number of rotatable bonds is 6. The molecule has 1 N–H and O–H groups in total. The topological polar surface area (TPSA) is 84.3 Å². The van der Waals surface area contributed by atoms with Gasteiger partial charge in [0.2, 0.25) is 5.78 Å². The lowest BCUT2D eigenvalue weighted by molar-refractivity contribution is 0.104. The molecule has 0 aliphatic heterocycles. The van der Waals surface area contributed by atoms with Crippen LogP contribution in [0.3, 0.4) is 0 Å². The highest BCUT2D eigenvalue weighted by Gasteiger charge is 2.18. The summed E-state index contributed by atoms with van der Waals surface area (Å²) in [5.74, 6) is 1.39. The minimum Gasteiger partial charge on any atom is -0.497 e. The molecule has 0 saturated carbocycles. The molecule has 0 atom stereocenters. The number of nitriles is 1. The maximum absolute atomic E-state index is 13.0. The molecule has 0 amide bonds. The predicted molar refractivity (Wildman–Crippen MR) is 102 cm³/mol. The first-order valence-electron chi connectivity index (χ1n) is 8.15. The molecule has 0 fully saturated rings. The minimum absolute atomic E-state index is 0.00202. The first-order valence-corrected chi connectivity index (χ1v) is 8.15. The van der Waals surface area contributed by atoms with Crippen molar-refractivity contribution in [2.24, 2.45) is 0 Å². The van der Waals surface area contributed by atoms with Gasteiger partial charge in [-0.15, -0.1) is 0 Å². The summed E-state index contributed by atoms with van der Waals surface area (Å²) in [5, 5.41) is 10.3. The van der Waals surface area contributed by atoms with Gasteiger partial charge in [0.1, 0.15) is 28.9 Å². The summed E-state index contributed by atoms with van der Waals surface area (Å²) >= 11 is 0. The third-order valence-corrected chi connectivity index (χ3v) is 4.24. The van der Waals surface area contributed by atoms with E-state index in [0.717, 1.165) is 5.52 Å². The maximum atomic E-state index is 13.0. The number of carbonyl (C=O) groups is 1. The monoisotopic (exact) mass is 362 g/mol. The Balaban J connectivity index is 2.05. The molecule has 136 valence electrons. The summed E-state index contributed by atoms with van der Waals surface area (Å²) < 4.78 is 15.7. The molecule has 0 spiro atoms. The Morgan fingerprint density at radius 2 is 1.74 bits per heavy atom. The number of benzene rings is 2. The zero-order valence-corrected chi connectivity index (χ0v) is 15.2. The molecule has 0 aliphatic rings. The molecule has 0 aliphatic carbocycles. The molecule has 3 rings (SSSR count). The summed E-state index contributed by atoms with van der Waals surface area (Å²) in [6, 6.07) is 12.6. The lowest BCUT2D eigenvalue weighted by atomic mass is 10.0. The third kappa shape index (κ3) is 3.48. The van der Waals surface area contributed by atoms with Gasteiger partial charge in [0, 0.05) is 34.3 Å². The fraction of sp³-hybridized carbons (Fsp3) is 0.143. The van der Waals surface area contributed by atoms with Crippen LogP contribution < -0.4 is 14.2 Å². The molecule has 27 heavy (non-hydrogen) atoms. The van der Waals surface area contributed by atoms with E-state index in [0.29, 0.717) is 33.8 Å². The highest BCUT2D eigenvalue weighted by Crippen LogP contribution is 2.29. The first kappa shape index (κ1) is 18.1. The number of ketones is 1. The van der Waals surface area contributed by atoms with Gasteiger partial charge in [0.15, 0.2) is 0 Å². The van der Waals surface area contributed by atoms with E-state index in [1.54, 1.807) is 50.7 Å². The van der Waals surface area contributed by atoms with Crippen LogP contribution in [0.2, 0.25) is 0 Å². The average Bonchev–Trinajstić information content (AvgIpc) is 3.14. The van der Waals surface area contributed by atoms with Crippen LogP contribution in [0.25, 0.3) is 17.0 Å². The van der Waals surface area contributed by atoms with Crippen LogP contribution in [-0.2, 0) is 0 Å². The molecule has 0 radical (unpaired) electrons. The van der Waals surface area contributed by atoms with Crippen molar-refractivity contribution in [2.75, 3.05) is 21.3 Å². The number of ether oxygens (including phenoxy) is 3. The van der Waals surface area contributed by atoms with Gasteiger partial charge in [-0.3, -0.25) is 4.79 Å². The van der Waals surface area contributed by atoms with E-state index in [-0.39, 0.29) is 11.4 Å². The number of nitrogens with zero attached hydrogens (tertiary/aromatic N) is 1. The molecule has 1 heterocycles. The Morgan fingerprint density at radius 3 is 2.41 bits per heavy atom. The second-order valence-electron chi connectivity index (χ2n) is 5.72. The molecule has 1 aromatic heterocycles. The van der Waals surface area contributed by atoms with E-state index in [9.17, 15) is 10.1 Å². The Bertz CT molecular complexity index is 1070. The summed E-state index contributed by atoms with van der Waals surface area (Å²) in [4.78, 5) is 16.0. The van der Waals surface area contributed by atoms with E-state index in [2.05, 4.69) is 4.98 Å². The zero-order chi connectivity index (χ0) is 19.4. The summed E-state index contributed by atoms with van der Waals surface area (Å²) in [5.41, 5.74) is 1.81. The summed E-state index contributed by atoms with van der Waals surface area (Å²) in [6.07, 6.45) is 3.11. The number of hydrogen-bond acceptors (Lipinski definition) is 5. The Hall–Kier alpha value is -3.72. The number of aromatic amines is 1. The van der Waals surface area contributed by atoms with Gasteiger partial charge in [0.05, 0.1) is 21.3 Å². The lowest BCUT2D eigenvalue weighted by Gasteiger charge is -2.08.